The first-order valence-electron chi connectivity index (χ1n) is 12.1. The second-order valence-electron chi connectivity index (χ2n) is 9.39. The molecule has 0 bridgehead atoms. The lowest BCUT2D eigenvalue weighted by Gasteiger charge is -2.22. The van der Waals surface area contributed by atoms with Gasteiger partial charge in [-0.3, -0.25) is 9.78 Å². The molecule has 1 spiro atoms. The van der Waals surface area contributed by atoms with Crippen LogP contribution in [0.15, 0.2) is 72.9 Å². The Hall–Kier alpha value is -3.87. The van der Waals surface area contributed by atoms with Crippen molar-refractivity contribution in [3.8, 4) is 0 Å². The third kappa shape index (κ3) is 5.14. The van der Waals surface area contributed by atoms with Crippen molar-refractivity contribution in [3.05, 3.63) is 95.3 Å². The lowest BCUT2D eigenvalue weighted by molar-refractivity contribution is 0.0553. The highest BCUT2D eigenvalue weighted by Gasteiger charge is 2.50. The minimum atomic E-state index is -0.617. The first kappa shape index (κ1) is 22.9. The molecule has 0 saturated carbocycles. The maximum absolute atomic E-state index is 13.3. The summed E-state index contributed by atoms with van der Waals surface area (Å²) in [5.74, 6) is -0.0402. The second-order valence-corrected chi connectivity index (χ2v) is 9.39. The number of ether oxygens (including phenoxy) is 1. The molecule has 3 heterocycles. The van der Waals surface area contributed by atoms with Crippen molar-refractivity contribution in [2.45, 2.75) is 31.9 Å². The molecule has 2 aliphatic rings. The molecule has 1 N–H and O–H groups in total. The topological polar surface area (TPSA) is 74.8 Å². The number of pyridine rings is 1. The number of carbonyl (C=O) groups is 2. The molecule has 2 saturated heterocycles. The molecule has 7 heteroatoms. The van der Waals surface area contributed by atoms with E-state index in [2.05, 4.69) is 22.4 Å². The number of aryl methyl sites for hydroxylation is 1. The lowest BCUT2D eigenvalue weighted by Crippen LogP contribution is -2.39. The molecule has 3 aromatic rings. The predicted octanol–water partition coefficient (Wildman–Crippen LogP) is 4.28. The molecule has 5 rings (SSSR count). The molecule has 0 aliphatic carbocycles. The average molecular weight is 471 g/mol. The van der Waals surface area contributed by atoms with Gasteiger partial charge in [-0.25, -0.2) is 4.79 Å². The van der Waals surface area contributed by atoms with E-state index in [1.165, 1.54) is 5.56 Å². The summed E-state index contributed by atoms with van der Waals surface area (Å²) in [6.45, 7) is 4.73. The van der Waals surface area contributed by atoms with Gasteiger partial charge in [-0.1, -0.05) is 42.5 Å². The lowest BCUT2D eigenvalue weighted by atomic mass is 10.0. The van der Waals surface area contributed by atoms with Crippen molar-refractivity contribution in [2.24, 2.45) is 0 Å². The second kappa shape index (κ2) is 9.78. The minimum Gasteiger partial charge on any atom is -0.439 e. The van der Waals surface area contributed by atoms with E-state index in [0.717, 1.165) is 23.4 Å². The molecule has 2 amide bonds. The van der Waals surface area contributed by atoms with Crippen LogP contribution in [0.4, 0.5) is 10.5 Å². The Balaban J connectivity index is 1.21. The van der Waals surface area contributed by atoms with Gasteiger partial charge < -0.3 is 19.9 Å². The standard InChI is InChI=1S/C28H30N4O3/c1-21-10-11-23(17-25(21)30-18-24-9-5-6-14-29-24)26(33)31-16-13-28(19-31)20-32(27(34)35-28)15-12-22-7-3-2-4-8-22/h2-11,14,17,30H,12-13,15-16,18-20H2,1H3/t28-/m0/s1. The van der Waals surface area contributed by atoms with Gasteiger partial charge in [0.1, 0.15) is 0 Å². The third-order valence-electron chi connectivity index (χ3n) is 6.83. The number of carbonyl (C=O) groups excluding carboxylic acids is 2. The summed E-state index contributed by atoms with van der Waals surface area (Å²) in [4.78, 5) is 33.8. The smallest absolute Gasteiger partial charge is 0.410 e. The highest BCUT2D eigenvalue weighted by Crippen LogP contribution is 2.33. The van der Waals surface area contributed by atoms with Crippen LogP contribution in [0.2, 0.25) is 0 Å². The van der Waals surface area contributed by atoms with E-state index in [0.29, 0.717) is 44.7 Å². The Kier molecular flexibility index (Phi) is 6.40. The van der Waals surface area contributed by atoms with Crippen LogP contribution in [-0.4, -0.2) is 58.6 Å². The SMILES string of the molecule is Cc1ccc(C(=O)N2CC[C@@]3(CN(CCc4ccccc4)C(=O)O3)C2)cc1NCc1ccccn1. The molecule has 2 aromatic carbocycles. The number of rotatable bonds is 7. The van der Waals surface area contributed by atoms with Crippen molar-refractivity contribution in [3.63, 3.8) is 0 Å². The molecule has 180 valence electrons. The van der Waals surface area contributed by atoms with E-state index in [-0.39, 0.29) is 12.0 Å². The summed E-state index contributed by atoms with van der Waals surface area (Å²) in [7, 11) is 0. The van der Waals surface area contributed by atoms with Crippen LogP contribution in [0.5, 0.6) is 0 Å². The van der Waals surface area contributed by atoms with E-state index in [4.69, 9.17) is 4.74 Å². The van der Waals surface area contributed by atoms with Crippen LogP contribution in [0, 0.1) is 6.92 Å². The molecule has 7 nitrogen and oxygen atoms in total. The van der Waals surface area contributed by atoms with E-state index in [9.17, 15) is 9.59 Å². The van der Waals surface area contributed by atoms with Crippen LogP contribution in [0.3, 0.4) is 0 Å². The van der Waals surface area contributed by atoms with Gasteiger partial charge in [0, 0.05) is 37.0 Å². The average Bonchev–Trinajstić information content (AvgIpc) is 3.44. The zero-order valence-electron chi connectivity index (χ0n) is 19.9. The zero-order chi connectivity index (χ0) is 24.3. The molecule has 2 fully saturated rings. The van der Waals surface area contributed by atoms with E-state index >= 15 is 0 Å². The number of aromatic nitrogens is 1. The maximum Gasteiger partial charge on any atom is 0.410 e. The molecule has 1 atom stereocenters. The van der Waals surface area contributed by atoms with Crippen molar-refractivity contribution >= 4 is 17.7 Å². The van der Waals surface area contributed by atoms with E-state index < -0.39 is 5.60 Å². The fourth-order valence-electron chi connectivity index (χ4n) is 4.82. The number of hydrogen-bond donors (Lipinski definition) is 1. The molecule has 2 aliphatic heterocycles. The molecule has 0 unspecified atom stereocenters. The normalized spacial score (nSPS) is 19.3. The molecular weight excluding hydrogens is 440 g/mol. The Morgan fingerprint density at radius 2 is 1.91 bits per heavy atom. The van der Waals surface area contributed by atoms with Crippen LogP contribution in [-0.2, 0) is 17.7 Å². The number of amides is 2. The fraction of sp³-hybridized carbons (Fsp3) is 0.321. The summed E-state index contributed by atoms with van der Waals surface area (Å²) in [5, 5.41) is 3.39. The number of anilines is 1. The number of nitrogens with one attached hydrogen (secondary N) is 1. The minimum absolute atomic E-state index is 0.0402. The Morgan fingerprint density at radius 3 is 2.71 bits per heavy atom. The summed E-state index contributed by atoms with van der Waals surface area (Å²) >= 11 is 0. The first-order chi connectivity index (χ1) is 17.0. The van der Waals surface area contributed by atoms with Gasteiger partial charge in [-0.05, 0) is 48.7 Å². The van der Waals surface area contributed by atoms with Gasteiger partial charge in [0.2, 0.25) is 0 Å². The van der Waals surface area contributed by atoms with E-state index in [1.54, 1.807) is 16.0 Å². The molecule has 35 heavy (non-hydrogen) atoms. The maximum atomic E-state index is 13.3. The van der Waals surface area contributed by atoms with Crippen molar-refractivity contribution in [2.75, 3.05) is 31.5 Å². The highest BCUT2D eigenvalue weighted by atomic mass is 16.6. The van der Waals surface area contributed by atoms with Gasteiger partial charge in [0.15, 0.2) is 5.60 Å². The van der Waals surface area contributed by atoms with Crippen LogP contribution < -0.4 is 5.32 Å². The monoisotopic (exact) mass is 470 g/mol. The van der Waals surface area contributed by atoms with Gasteiger partial charge >= 0.3 is 6.09 Å². The largest absolute Gasteiger partial charge is 0.439 e. The van der Waals surface area contributed by atoms with Gasteiger partial charge in [0.05, 0.1) is 25.3 Å². The van der Waals surface area contributed by atoms with Crippen molar-refractivity contribution in [1.82, 2.24) is 14.8 Å². The number of nitrogens with zero attached hydrogens (tertiary/aromatic N) is 3. The van der Waals surface area contributed by atoms with Crippen molar-refractivity contribution < 1.29 is 14.3 Å². The summed E-state index contributed by atoms with van der Waals surface area (Å²) in [6.07, 6.45) is 2.92. The van der Waals surface area contributed by atoms with Gasteiger partial charge in [-0.15, -0.1) is 0 Å². The molecule has 1 aromatic heterocycles. The predicted molar refractivity (Wildman–Crippen MR) is 134 cm³/mol. The Labute approximate surface area is 205 Å². The van der Waals surface area contributed by atoms with Gasteiger partial charge in [-0.2, -0.15) is 0 Å². The third-order valence-corrected chi connectivity index (χ3v) is 6.83. The van der Waals surface area contributed by atoms with Crippen LogP contribution in [0.25, 0.3) is 0 Å². The summed E-state index contributed by atoms with van der Waals surface area (Å²) in [5.41, 5.74) is 4.11. The summed E-state index contributed by atoms with van der Waals surface area (Å²) < 4.78 is 5.83. The number of benzene rings is 2. The van der Waals surface area contributed by atoms with Crippen molar-refractivity contribution in [1.29, 1.82) is 0 Å². The Bertz CT molecular complexity index is 1200. The molecular formula is C28H30N4O3. The molecule has 0 radical (unpaired) electrons. The van der Waals surface area contributed by atoms with Crippen LogP contribution >= 0.6 is 0 Å². The van der Waals surface area contributed by atoms with E-state index in [1.807, 2.05) is 61.5 Å². The van der Waals surface area contributed by atoms with Crippen LogP contribution in [0.1, 0.15) is 33.6 Å². The quantitative estimate of drug-likeness (QED) is 0.558. The number of likely N-dealkylation sites (tertiary alicyclic amines) is 1. The summed E-state index contributed by atoms with van der Waals surface area (Å²) in [6, 6.07) is 21.7. The zero-order valence-corrected chi connectivity index (χ0v) is 19.9. The van der Waals surface area contributed by atoms with Gasteiger partial charge in [0.25, 0.3) is 5.91 Å². The first-order valence-corrected chi connectivity index (χ1v) is 12.1. The number of hydrogen-bond acceptors (Lipinski definition) is 5. The fourth-order valence-corrected chi connectivity index (χ4v) is 4.82. The Morgan fingerprint density at radius 1 is 1.09 bits per heavy atom. The highest BCUT2D eigenvalue weighted by molar-refractivity contribution is 5.95.